The van der Waals surface area contributed by atoms with E-state index in [1.54, 1.807) is 31.3 Å². The standard InChI is InChI=1S/C24H29N3O4/c1-30-21-11-10-18(15-22(21)31-2)27-16-17(14-23(27)28)24(29)25-19-8-4-5-9-20(19)26-12-6-3-7-13-26/h4-5,8-11,15,17H,3,6-7,12-14,16H2,1-2H3,(H,25,29). The summed E-state index contributed by atoms with van der Waals surface area (Å²) in [5.74, 6) is 0.546. The second kappa shape index (κ2) is 9.29. The van der Waals surface area contributed by atoms with Crippen LogP contribution in [0.25, 0.3) is 0 Å². The van der Waals surface area contributed by atoms with Gasteiger partial charge in [0.25, 0.3) is 0 Å². The number of benzene rings is 2. The third-order valence-electron chi connectivity index (χ3n) is 6.03. The molecule has 2 fully saturated rings. The zero-order valence-electron chi connectivity index (χ0n) is 18.1. The van der Waals surface area contributed by atoms with Gasteiger partial charge in [-0.25, -0.2) is 0 Å². The van der Waals surface area contributed by atoms with Gasteiger partial charge in [0.2, 0.25) is 11.8 Å². The Kier molecular flexibility index (Phi) is 6.30. The average molecular weight is 424 g/mol. The lowest BCUT2D eigenvalue weighted by atomic mass is 10.1. The third-order valence-corrected chi connectivity index (χ3v) is 6.03. The first kappa shape index (κ1) is 21.0. The van der Waals surface area contributed by atoms with Crippen LogP contribution < -0.4 is 24.6 Å². The zero-order valence-corrected chi connectivity index (χ0v) is 18.1. The molecule has 0 aliphatic carbocycles. The number of para-hydroxylation sites is 2. The van der Waals surface area contributed by atoms with Crippen molar-refractivity contribution in [1.82, 2.24) is 0 Å². The van der Waals surface area contributed by atoms with Crippen LogP contribution in [0, 0.1) is 5.92 Å². The van der Waals surface area contributed by atoms with Gasteiger partial charge in [-0.3, -0.25) is 9.59 Å². The highest BCUT2D eigenvalue weighted by Crippen LogP contribution is 2.35. The van der Waals surface area contributed by atoms with Gasteiger partial charge in [-0.2, -0.15) is 0 Å². The molecule has 1 atom stereocenters. The summed E-state index contributed by atoms with van der Waals surface area (Å²) < 4.78 is 10.6. The Morgan fingerprint density at radius 2 is 1.74 bits per heavy atom. The quantitative estimate of drug-likeness (QED) is 0.767. The van der Waals surface area contributed by atoms with Crippen LogP contribution in [0.15, 0.2) is 42.5 Å². The van der Waals surface area contributed by atoms with E-state index in [0.29, 0.717) is 23.7 Å². The Labute approximate surface area is 182 Å². The van der Waals surface area contributed by atoms with Crippen LogP contribution in [0.2, 0.25) is 0 Å². The minimum atomic E-state index is -0.407. The zero-order chi connectivity index (χ0) is 21.8. The molecule has 164 valence electrons. The van der Waals surface area contributed by atoms with Crippen LogP contribution in [0.1, 0.15) is 25.7 Å². The molecule has 31 heavy (non-hydrogen) atoms. The highest BCUT2D eigenvalue weighted by Gasteiger charge is 2.35. The lowest BCUT2D eigenvalue weighted by Crippen LogP contribution is -2.31. The molecule has 0 radical (unpaired) electrons. The average Bonchev–Trinajstić information content (AvgIpc) is 3.21. The normalized spacial score (nSPS) is 18.8. The largest absolute Gasteiger partial charge is 0.493 e. The molecule has 0 bridgehead atoms. The topological polar surface area (TPSA) is 71.1 Å². The maximum atomic E-state index is 13.0. The van der Waals surface area contributed by atoms with Crippen molar-refractivity contribution in [2.75, 3.05) is 49.0 Å². The van der Waals surface area contributed by atoms with Gasteiger partial charge in [0.05, 0.1) is 31.5 Å². The van der Waals surface area contributed by atoms with Gasteiger partial charge in [-0.05, 0) is 43.5 Å². The molecule has 2 heterocycles. The monoisotopic (exact) mass is 423 g/mol. The molecule has 2 aromatic rings. The van der Waals surface area contributed by atoms with Gasteiger partial charge in [0.15, 0.2) is 11.5 Å². The second-order valence-corrected chi connectivity index (χ2v) is 8.00. The summed E-state index contributed by atoms with van der Waals surface area (Å²) in [6.07, 6.45) is 3.77. The van der Waals surface area contributed by atoms with Crippen LogP contribution in [0.4, 0.5) is 17.1 Å². The number of carbonyl (C=O) groups is 2. The first-order chi connectivity index (χ1) is 15.1. The number of carbonyl (C=O) groups excluding carboxylic acids is 2. The van der Waals surface area contributed by atoms with Crippen molar-refractivity contribution in [2.24, 2.45) is 5.92 Å². The summed E-state index contributed by atoms with van der Waals surface area (Å²) in [6, 6.07) is 13.3. The van der Waals surface area contributed by atoms with E-state index in [2.05, 4.69) is 16.3 Å². The second-order valence-electron chi connectivity index (χ2n) is 8.00. The first-order valence-corrected chi connectivity index (χ1v) is 10.8. The maximum Gasteiger partial charge on any atom is 0.229 e. The van der Waals surface area contributed by atoms with E-state index in [1.807, 2.05) is 24.3 Å². The molecule has 2 amide bonds. The molecule has 2 aliphatic rings. The number of nitrogens with one attached hydrogen (secondary N) is 1. The number of anilines is 3. The van der Waals surface area contributed by atoms with Crippen molar-refractivity contribution in [3.05, 3.63) is 42.5 Å². The molecular weight excluding hydrogens is 394 g/mol. The van der Waals surface area contributed by atoms with Crippen molar-refractivity contribution in [1.29, 1.82) is 0 Å². The Bertz CT molecular complexity index is 956. The molecule has 7 nitrogen and oxygen atoms in total. The Morgan fingerprint density at radius 3 is 2.48 bits per heavy atom. The molecule has 0 aromatic heterocycles. The molecule has 2 saturated heterocycles. The van der Waals surface area contributed by atoms with E-state index in [1.165, 1.54) is 19.3 Å². The van der Waals surface area contributed by atoms with E-state index < -0.39 is 5.92 Å². The fourth-order valence-electron chi connectivity index (χ4n) is 4.35. The van der Waals surface area contributed by atoms with Crippen LogP contribution in [-0.4, -0.2) is 45.7 Å². The maximum absolute atomic E-state index is 13.0. The fourth-order valence-corrected chi connectivity index (χ4v) is 4.35. The van der Waals surface area contributed by atoms with Gasteiger partial charge >= 0.3 is 0 Å². The van der Waals surface area contributed by atoms with E-state index in [4.69, 9.17) is 9.47 Å². The van der Waals surface area contributed by atoms with Gasteiger partial charge in [-0.15, -0.1) is 0 Å². The Balaban J connectivity index is 1.47. The van der Waals surface area contributed by atoms with E-state index in [9.17, 15) is 9.59 Å². The number of hydrogen-bond acceptors (Lipinski definition) is 5. The smallest absolute Gasteiger partial charge is 0.229 e. The lowest BCUT2D eigenvalue weighted by molar-refractivity contribution is -0.122. The summed E-state index contributed by atoms with van der Waals surface area (Å²) in [5, 5.41) is 3.08. The molecule has 2 aromatic carbocycles. The molecule has 4 rings (SSSR count). The van der Waals surface area contributed by atoms with Crippen LogP contribution >= 0.6 is 0 Å². The van der Waals surface area contributed by atoms with Crippen molar-refractivity contribution in [3.63, 3.8) is 0 Å². The van der Waals surface area contributed by atoms with Crippen LogP contribution in [0.5, 0.6) is 11.5 Å². The number of piperidine rings is 1. The predicted molar refractivity (Wildman–Crippen MR) is 121 cm³/mol. The number of nitrogens with zero attached hydrogens (tertiary/aromatic N) is 2. The van der Waals surface area contributed by atoms with Crippen molar-refractivity contribution < 1.29 is 19.1 Å². The molecule has 1 N–H and O–H groups in total. The minimum absolute atomic E-state index is 0.0725. The molecule has 1 unspecified atom stereocenters. The number of rotatable bonds is 6. The minimum Gasteiger partial charge on any atom is -0.493 e. The Morgan fingerprint density at radius 1 is 1.00 bits per heavy atom. The first-order valence-electron chi connectivity index (χ1n) is 10.8. The van der Waals surface area contributed by atoms with Gasteiger partial charge in [0, 0.05) is 37.8 Å². The number of amides is 2. The van der Waals surface area contributed by atoms with Gasteiger partial charge < -0.3 is 24.6 Å². The summed E-state index contributed by atoms with van der Waals surface area (Å²) in [6.45, 7) is 2.34. The lowest BCUT2D eigenvalue weighted by Gasteiger charge is -2.30. The van der Waals surface area contributed by atoms with Crippen LogP contribution in [0.3, 0.4) is 0 Å². The van der Waals surface area contributed by atoms with Crippen molar-refractivity contribution >= 4 is 28.9 Å². The summed E-state index contributed by atoms with van der Waals surface area (Å²) in [5.41, 5.74) is 2.56. The van der Waals surface area contributed by atoms with Gasteiger partial charge in [0.1, 0.15) is 0 Å². The number of hydrogen-bond donors (Lipinski definition) is 1. The number of ether oxygens (including phenoxy) is 2. The van der Waals surface area contributed by atoms with Crippen LogP contribution in [-0.2, 0) is 9.59 Å². The molecule has 2 aliphatic heterocycles. The summed E-state index contributed by atoms with van der Waals surface area (Å²) >= 11 is 0. The molecule has 7 heteroatoms. The van der Waals surface area contributed by atoms with E-state index in [-0.39, 0.29) is 18.2 Å². The van der Waals surface area contributed by atoms with Crippen molar-refractivity contribution in [3.8, 4) is 11.5 Å². The van der Waals surface area contributed by atoms with E-state index in [0.717, 1.165) is 24.5 Å². The SMILES string of the molecule is COc1ccc(N2CC(C(=O)Nc3ccccc3N3CCCCC3)CC2=O)cc1OC. The molecule has 0 spiro atoms. The summed E-state index contributed by atoms with van der Waals surface area (Å²) in [4.78, 5) is 29.7. The van der Waals surface area contributed by atoms with Gasteiger partial charge in [-0.1, -0.05) is 12.1 Å². The highest BCUT2D eigenvalue weighted by atomic mass is 16.5. The Hall–Kier alpha value is -3.22. The number of methoxy groups -OCH3 is 2. The molecule has 0 saturated carbocycles. The predicted octanol–water partition coefficient (Wildman–Crippen LogP) is 3.69. The van der Waals surface area contributed by atoms with E-state index >= 15 is 0 Å². The highest BCUT2D eigenvalue weighted by molar-refractivity contribution is 6.04. The van der Waals surface area contributed by atoms with Crippen molar-refractivity contribution in [2.45, 2.75) is 25.7 Å². The third kappa shape index (κ3) is 4.45. The molecular formula is C24H29N3O4. The fraction of sp³-hybridized carbons (Fsp3) is 0.417. The summed E-state index contributed by atoms with van der Waals surface area (Å²) in [7, 11) is 3.13.